The van der Waals surface area contributed by atoms with E-state index >= 15 is 0 Å². The molecule has 0 spiro atoms. The highest BCUT2D eigenvalue weighted by Gasteiger charge is 2.27. The van der Waals surface area contributed by atoms with Crippen molar-refractivity contribution in [3.63, 3.8) is 0 Å². The first-order chi connectivity index (χ1) is 9.92. The van der Waals surface area contributed by atoms with E-state index in [0.29, 0.717) is 6.04 Å². The first-order valence-corrected chi connectivity index (χ1v) is 7.57. The van der Waals surface area contributed by atoms with Gasteiger partial charge in [-0.2, -0.15) is 5.10 Å². The summed E-state index contributed by atoms with van der Waals surface area (Å²) in [5, 5.41) is 7.44. The Morgan fingerprint density at radius 1 is 1.30 bits per heavy atom. The van der Waals surface area contributed by atoms with E-state index in [2.05, 4.69) is 36.4 Å². The Balaban J connectivity index is 1.68. The van der Waals surface area contributed by atoms with Gasteiger partial charge in [0.15, 0.2) is 0 Å². The maximum absolute atomic E-state index is 4.52. The van der Waals surface area contributed by atoms with E-state index in [9.17, 15) is 0 Å². The van der Waals surface area contributed by atoms with Crippen molar-refractivity contribution in [1.82, 2.24) is 24.7 Å². The molecule has 1 aliphatic heterocycles. The van der Waals surface area contributed by atoms with Gasteiger partial charge < -0.3 is 4.90 Å². The van der Waals surface area contributed by atoms with Gasteiger partial charge in [-0.3, -0.25) is 4.68 Å². The summed E-state index contributed by atoms with van der Waals surface area (Å²) in [6, 6.07) is 2.54. The Labute approximate surface area is 120 Å². The molecule has 0 aromatic carbocycles. The van der Waals surface area contributed by atoms with Crippen molar-refractivity contribution in [2.24, 2.45) is 0 Å². The normalized spacial score (nSPS) is 19.0. The number of hydrogen-bond acceptors (Lipinski definition) is 6. The number of anilines is 1. The van der Waals surface area contributed by atoms with Crippen LogP contribution in [0.4, 0.5) is 5.82 Å². The van der Waals surface area contributed by atoms with Crippen LogP contribution >= 0.6 is 11.3 Å². The van der Waals surface area contributed by atoms with Crippen molar-refractivity contribution >= 4 is 27.4 Å². The Bertz CT molecular complexity index is 707. The Kier molecular flexibility index (Phi) is 2.84. The van der Waals surface area contributed by atoms with E-state index < -0.39 is 0 Å². The van der Waals surface area contributed by atoms with Crippen LogP contribution in [0.25, 0.3) is 10.2 Å². The molecule has 0 unspecified atom stereocenters. The van der Waals surface area contributed by atoms with Crippen LogP contribution in [-0.4, -0.2) is 37.3 Å². The molecule has 7 heteroatoms. The van der Waals surface area contributed by atoms with Crippen molar-refractivity contribution in [2.75, 3.05) is 11.4 Å². The Morgan fingerprint density at radius 3 is 3.20 bits per heavy atom. The van der Waals surface area contributed by atoms with Gasteiger partial charge in [-0.1, -0.05) is 0 Å². The van der Waals surface area contributed by atoms with Crippen LogP contribution in [0.15, 0.2) is 30.4 Å². The lowest BCUT2D eigenvalue weighted by Crippen LogP contribution is -2.33. The van der Waals surface area contributed by atoms with Crippen LogP contribution in [0.1, 0.15) is 12.8 Å². The van der Waals surface area contributed by atoms with Crippen molar-refractivity contribution in [3.05, 3.63) is 30.4 Å². The highest BCUT2D eigenvalue weighted by atomic mass is 32.1. The van der Waals surface area contributed by atoms with E-state index in [-0.39, 0.29) is 0 Å². The Morgan fingerprint density at radius 2 is 2.30 bits per heavy atom. The molecule has 0 saturated carbocycles. The lowest BCUT2D eigenvalue weighted by molar-refractivity contribution is 0.507. The summed E-state index contributed by atoms with van der Waals surface area (Å²) < 4.78 is 1.90. The average Bonchev–Trinajstić information content (AvgIpc) is 3.19. The Hall–Kier alpha value is -2.02. The third-order valence-corrected chi connectivity index (χ3v) is 4.58. The predicted octanol–water partition coefficient (Wildman–Crippen LogP) is 1.95. The first-order valence-electron chi connectivity index (χ1n) is 6.69. The van der Waals surface area contributed by atoms with Crippen LogP contribution in [-0.2, 0) is 6.54 Å². The molecular weight excluding hydrogens is 272 g/mol. The summed E-state index contributed by atoms with van der Waals surface area (Å²) in [4.78, 5) is 16.3. The maximum atomic E-state index is 4.52. The average molecular weight is 286 g/mol. The van der Waals surface area contributed by atoms with Gasteiger partial charge in [0.25, 0.3) is 0 Å². The van der Waals surface area contributed by atoms with Gasteiger partial charge in [0, 0.05) is 6.54 Å². The van der Waals surface area contributed by atoms with Crippen LogP contribution in [0.2, 0.25) is 0 Å². The molecule has 6 nitrogen and oxygen atoms in total. The number of rotatable bonds is 3. The fourth-order valence-electron chi connectivity index (χ4n) is 2.85. The van der Waals surface area contributed by atoms with E-state index in [1.165, 1.54) is 6.42 Å². The maximum Gasteiger partial charge on any atom is 0.141 e. The largest absolute Gasteiger partial charge is 0.351 e. The van der Waals surface area contributed by atoms with E-state index in [0.717, 1.165) is 35.5 Å². The minimum atomic E-state index is 0.426. The second kappa shape index (κ2) is 4.82. The minimum absolute atomic E-state index is 0.426. The summed E-state index contributed by atoms with van der Waals surface area (Å²) in [5.41, 5.74) is 0. The summed E-state index contributed by atoms with van der Waals surface area (Å²) in [6.07, 6.45) is 7.38. The second-order valence-corrected chi connectivity index (χ2v) is 5.84. The zero-order valence-electron chi connectivity index (χ0n) is 10.9. The molecular formula is C13H14N6S. The lowest BCUT2D eigenvalue weighted by Gasteiger charge is -2.25. The topological polar surface area (TPSA) is 59.7 Å². The third kappa shape index (κ3) is 1.94. The first kappa shape index (κ1) is 11.8. The van der Waals surface area contributed by atoms with Crippen LogP contribution in [0.3, 0.4) is 0 Å². The van der Waals surface area contributed by atoms with E-state index in [4.69, 9.17) is 0 Å². The van der Waals surface area contributed by atoms with Gasteiger partial charge in [-0.15, -0.1) is 11.3 Å². The summed E-state index contributed by atoms with van der Waals surface area (Å²) >= 11 is 1.66. The minimum Gasteiger partial charge on any atom is -0.351 e. The highest BCUT2D eigenvalue weighted by molar-refractivity contribution is 7.16. The van der Waals surface area contributed by atoms with Gasteiger partial charge in [-0.05, 0) is 24.3 Å². The van der Waals surface area contributed by atoms with Crippen molar-refractivity contribution in [2.45, 2.75) is 25.4 Å². The molecule has 1 fully saturated rings. The van der Waals surface area contributed by atoms with Crippen LogP contribution in [0, 0.1) is 0 Å². The monoisotopic (exact) mass is 286 g/mol. The van der Waals surface area contributed by atoms with Crippen molar-refractivity contribution in [3.8, 4) is 0 Å². The lowest BCUT2D eigenvalue weighted by atomic mass is 10.2. The highest BCUT2D eigenvalue weighted by Crippen LogP contribution is 2.31. The predicted molar refractivity (Wildman–Crippen MR) is 77.8 cm³/mol. The van der Waals surface area contributed by atoms with Gasteiger partial charge in [0.2, 0.25) is 0 Å². The van der Waals surface area contributed by atoms with Crippen LogP contribution < -0.4 is 4.90 Å². The number of thiophene rings is 1. The molecule has 0 bridgehead atoms. The van der Waals surface area contributed by atoms with E-state index in [1.54, 1.807) is 30.3 Å². The van der Waals surface area contributed by atoms with Gasteiger partial charge in [-0.25, -0.2) is 15.0 Å². The SMILES string of the molecule is c1nc(N2CCC[C@H]2Cn2cncn2)c2ccsc2n1. The zero-order chi connectivity index (χ0) is 13.4. The number of hydrogen-bond donors (Lipinski definition) is 0. The van der Waals surface area contributed by atoms with Crippen molar-refractivity contribution < 1.29 is 0 Å². The van der Waals surface area contributed by atoms with Crippen LogP contribution in [0.5, 0.6) is 0 Å². The fraction of sp³-hybridized carbons (Fsp3) is 0.385. The molecule has 3 aromatic heterocycles. The molecule has 4 heterocycles. The standard InChI is InChI=1S/C13H14N6S/c1-2-10(6-18-9-14-7-17-18)19(4-1)12-11-3-5-20-13(11)16-8-15-12/h3,5,7-10H,1-2,4,6H2/t10-/m0/s1. The molecule has 1 aliphatic rings. The van der Waals surface area contributed by atoms with Gasteiger partial charge in [0.05, 0.1) is 18.0 Å². The zero-order valence-corrected chi connectivity index (χ0v) is 11.7. The number of fused-ring (bicyclic) bond motifs is 1. The molecule has 1 atom stereocenters. The second-order valence-electron chi connectivity index (χ2n) is 4.94. The smallest absolute Gasteiger partial charge is 0.141 e. The van der Waals surface area contributed by atoms with E-state index in [1.807, 2.05) is 4.68 Å². The molecule has 0 radical (unpaired) electrons. The number of nitrogens with zero attached hydrogens (tertiary/aromatic N) is 6. The summed E-state index contributed by atoms with van der Waals surface area (Å²) in [5.74, 6) is 1.05. The molecule has 3 aromatic rings. The molecule has 20 heavy (non-hydrogen) atoms. The molecule has 0 aliphatic carbocycles. The molecule has 4 rings (SSSR count). The summed E-state index contributed by atoms with van der Waals surface area (Å²) in [6.45, 7) is 1.90. The summed E-state index contributed by atoms with van der Waals surface area (Å²) in [7, 11) is 0. The third-order valence-electron chi connectivity index (χ3n) is 3.75. The molecule has 102 valence electrons. The van der Waals surface area contributed by atoms with Gasteiger partial charge in [0.1, 0.15) is 29.6 Å². The molecule has 0 N–H and O–H groups in total. The number of aromatic nitrogens is 5. The quantitative estimate of drug-likeness (QED) is 0.736. The molecule has 0 amide bonds. The fourth-order valence-corrected chi connectivity index (χ4v) is 3.58. The molecule has 1 saturated heterocycles. The van der Waals surface area contributed by atoms with Crippen molar-refractivity contribution in [1.29, 1.82) is 0 Å². The van der Waals surface area contributed by atoms with Gasteiger partial charge >= 0.3 is 0 Å².